The van der Waals surface area contributed by atoms with Gasteiger partial charge in [-0.3, -0.25) is 14.5 Å². The predicted molar refractivity (Wildman–Crippen MR) is 125 cm³/mol. The summed E-state index contributed by atoms with van der Waals surface area (Å²) in [5.74, 6) is 0.262. The van der Waals surface area contributed by atoms with Gasteiger partial charge >= 0.3 is 0 Å². The van der Waals surface area contributed by atoms with Gasteiger partial charge in [0.15, 0.2) is 5.13 Å². The molecular formula is C25H27N3O2S. The number of amides is 2. The summed E-state index contributed by atoms with van der Waals surface area (Å²) in [4.78, 5) is 34.9. The lowest BCUT2D eigenvalue weighted by Gasteiger charge is -2.34. The van der Waals surface area contributed by atoms with Gasteiger partial charge in [0.05, 0.1) is 21.8 Å². The molecule has 0 spiro atoms. The standard InChI is InChI=1S/C25H27N3O2S/c1-2-17-9-13-20(14-10-17)28(25-26-21-7-3-4-8-22(21)31-25)24(30)19-6-5-15-27(16-19)23(29)18-11-12-18/h3-4,7-10,13-14,18-19H,2,5-6,11-12,15-16H2,1H3. The zero-order chi connectivity index (χ0) is 21.4. The number of nitrogens with zero attached hydrogens (tertiary/aromatic N) is 3. The Labute approximate surface area is 186 Å². The van der Waals surface area contributed by atoms with Gasteiger partial charge in [0.2, 0.25) is 11.8 Å². The normalized spacial score (nSPS) is 18.9. The molecule has 1 atom stereocenters. The highest BCUT2D eigenvalue weighted by atomic mass is 32.1. The van der Waals surface area contributed by atoms with E-state index >= 15 is 0 Å². The number of hydrogen-bond acceptors (Lipinski definition) is 4. The molecular weight excluding hydrogens is 406 g/mol. The van der Waals surface area contributed by atoms with E-state index in [9.17, 15) is 9.59 Å². The number of benzene rings is 2. The molecule has 0 radical (unpaired) electrons. The Morgan fingerprint density at radius 1 is 1.06 bits per heavy atom. The first kappa shape index (κ1) is 20.2. The minimum absolute atomic E-state index is 0.0385. The Balaban J connectivity index is 1.48. The lowest BCUT2D eigenvalue weighted by Crippen LogP contribution is -2.46. The third kappa shape index (κ3) is 4.09. The molecule has 5 rings (SSSR count). The van der Waals surface area contributed by atoms with Crippen molar-refractivity contribution in [1.82, 2.24) is 9.88 Å². The van der Waals surface area contributed by atoms with E-state index in [2.05, 4.69) is 19.1 Å². The fourth-order valence-corrected chi connectivity index (χ4v) is 5.31. The van der Waals surface area contributed by atoms with Crippen LogP contribution in [-0.2, 0) is 16.0 Å². The van der Waals surface area contributed by atoms with Gasteiger partial charge in [-0.2, -0.15) is 0 Å². The summed E-state index contributed by atoms with van der Waals surface area (Å²) in [6.45, 7) is 3.41. The van der Waals surface area contributed by atoms with Crippen molar-refractivity contribution in [2.75, 3.05) is 18.0 Å². The van der Waals surface area contributed by atoms with Crippen LogP contribution in [0.3, 0.4) is 0 Å². The molecule has 1 saturated carbocycles. The van der Waals surface area contributed by atoms with E-state index in [-0.39, 0.29) is 23.7 Å². The average molecular weight is 434 g/mol. The zero-order valence-corrected chi connectivity index (χ0v) is 18.6. The molecule has 160 valence electrons. The van der Waals surface area contributed by atoms with Gasteiger partial charge in [0, 0.05) is 19.0 Å². The molecule has 1 aliphatic carbocycles. The third-order valence-electron chi connectivity index (χ3n) is 6.31. The largest absolute Gasteiger partial charge is 0.342 e. The molecule has 1 aromatic heterocycles. The van der Waals surface area contributed by atoms with Crippen LogP contribution in [-0.4, -0.2) is 34.8 Å². The number of rotatable bonds is 5. The van der Waals surface area contributed by atoms with Gasteiger partial charge in [-0.1, -0.05) is 42.5 Å². The summed E-state index contributed by atoms with van der Waals surface area (Å²) in [5, 5.41) is 0.695. The number of carbonyl (C=O) groups excluding carboxylic acids is 2. The van der Waals surface area contributed by atoms with E-state index in [1.807, 2.05) is 41.3 Å². The van der Waals surface area contributed by atoms with Crippen LogP contribution in [0.15, 0.2) is 48.5 Å². The maximum atomic E-state index is 13.8. The van der Waals surface area contributed by atoms with Crippen LogP contribution in [0.5, 0.6) is 0 Å². The number of thiazole rings is 1. The van der Waals surface area contributed by atoms with Crippen molar-refractivity contribution in [3.63, 3.8) is 0 Å². The number of fused-ring (bicyclic) bond motifs is 1. The smallest absolute Gasteiger partial charge is 0.238 e. The van der Waals surface area contributed by atoms with Crippen molar-refractivity contribution in [2.45, 2.75) is 39.0 Å². The first-order valence-corrected chi connectivity index (χ1v) is 12.0. The average Bonchev–Trinajstić information content (AvgIpc) is 3.58. The van der Waals surface area contributed by atoms with E-state index in [0.717, 1.165) is 54.6 Å². The SMILES string of the molecule is CCc1ccc(N(C(=O)C2CCCN(C(=O)C3CC3)C2)c2nc3ccccc3s2)cc1. The molecule has 2 amide bonds. The van der Waals surface area contributed by atoms with Crippen LogP contribution in [0.1, 0.15) is 38.2 Å². The molecule has 3 aromatic rings. The molecule has 31 heavy (non-hydrogen) atoms. The van der Waals surface area contributed by atoms with Crippen LogP contribution in [0.4, 0.5) is 10.8 Å². The van der Waals surface area contributed by atoms with Crippen LogP contribution in [0.2, 0.25) is 0 Å². The maximum Gasteiger partial charge on any atom is 0.238 e. The molecule has 6 heteroatoms. The Bertz CT molecular complexity index is 1070. The summed E-state index contributed by atoms with van der Waals surface area (Å²) >= 11 is 1.54. The van der Waals surface area contributed by atoms with Gasteiger partial charge in [-0.05, 0) is 61.9 Å². The predicted octanol–water partition coefficient (Wildman–Crippen LogP) is 5.17. The number of aryl methyl sites for hydroxylation is 1. The second-order valence-electron chi connectivity index (χ2n) is 8.56. The minimum Gasteiger partial charge on any atom is -0.342 e. The number of anilines is 2. The second kappa shape index (κ2) is 8.42. The zero-order valence-electron chi connectivity index (χ0n) is 17.8. The van der Waals surface area contributed by atoms with Crippen molar-refractivity contribution < 1.29 is 9.59 Å². The summed E-state index contributed by atoms with van der Waals surface area (Å²) in [6.07, 6.45) is 4.63. The number of piperidine rings is 1. The van der Waals surface area contributed by atoms with Crippen molar-refractivity contribution >= 4 is 44.2 Å². The van der Waals surface area contributed by atoms with Gasteiger partial charge < -0.3 is 4.90 Å². The van der Waals surface area contributed by atoms with Gasteiger partial charge in [-0.15, -0.1) is 0 Å². The minimum atomic E-state index is -0.200. The Hall–Kier alpha value is -2.73. The molecule has 2 heterocycles. The molecule has 0 bridgehead atoms. The Kier molecular flexibility index (Phi) is 5.48. The summed E-state index contributed by atoms with van der Waals surface area (Å²) in [5.41, 5.74) is 2.98. The quantitative estimate of drug-likeness (QED) is 0.558. The fraction of sp³-hybridized carbons (Fsp3) is 0.400. The van der Waals surface area contributed by atoms with Crippen LogP contribution in [0.25, 0.3) is 10.2 Å². The summed E-state index contributed by atoms with van der Waals surface area (Å²) < 4.78 is 1.06. The Morgan fingerprint density at radius 3 is 2.55 bits per heavy atom. The third-order valence-corrected chi connectivity index (χ3v) is 7.33. The first-order chi connectivity index (χ1) is 15.1. The highest BCUT2D eigenvalue weighted by molar-refractivity contribution is 7.22. The van der Waals surface area contributed by atoms with Gasteiger partial charge in [0.25, 0.3) is 0 Å². The maximum absolute atomic E-state index is 13.8. The van der Waals surface area contributed by atoms with Crippen LogP contribution >= 0.6 is 11.3 Å². The highest BCUT2D eigenvalue weighted by Crippen LogP contribution is 2.37. The molecule has 1 unspecified atom stereocenters. The van der Waals surface area contributed by atoms with E-state index in [4.69, 9.17) is 4.98 Å². The lowest BCUT2D eigenvalue weighted by atomic mass is 9.96. The van der Waals surface area contributed by atoms with E-state index in [0.29, 0.717) is 11.7 Å². The number of hydrogen-bond donors (Lipinski definition) is 0. The number of para-hydroxylation sites is 1. The monoisotopic (exact) mass is 433 g/mol. The molecule has 2 fully saturated rings. The van der Waals surface area contributed by atoms with E-state index in [1.54, 1.807) is 4.90 Å². The summed E-state index contributed by atoms with van der Waals surface area (Å²) in [6, 6.07) is 16.2. The van der Waals surface area contributed by atoms with Crippen molar-refractivity contribution in [3.8, 4) is 0 Å². The van der Waals surface area contributed by atoms with Crippen molar-refractivity contribution in [3.05, 3.63) is 54.1 Å². The van der Waals surface area contributed by atoms with Crippen LogP contribution < -0.4 is 4.90 Å². The fourth-order valence-electron chi connectivity index (χ4n) is 4.32. The van der Waals surface area contributed by atoms with Crippen LogP contribution in [0, 0.1) is 11.8 Å². The molecule has 2 aromatic carbocycles. The Morgan fingerprint density at radius 2 is 1.84 bits per heavy atom. The first-order valence-electron chi connectivity index (χ1n) is 11.2. The van der Waals surface area contributed by atoms with Crippen molar-refractivity contribution in [1.29, 1.82) is 0 Å². The van der Waals surface area contributed by atoms with Crippen molar-refractivity contribution in [2.24, 2.45) is 11.8 Å². The molecule has 1 saturated heterocycles. The highest BCUT2D eigenvalue weighted by Gasteiger charge is 2.38. The number of aromatic nitrogens is 1. The van der Waals surface area contributed by atoms with E-state index in [1.165, 1.54) is 16.9 Å². The number of likely N-dealkylation sites (tertiary alicyclic amines) is 1. The lowest BCUT2D eigenvalue weighted by molar-refractivity contribution is -0.136. The second-order valence-corrected chi connectivity index (χ2v) is 9.56. The molecule has 0 N–H and O–H groups in total. The topological polar surface area (TPSA) is 53.5 Å². The van der Waals surface area contributed by atoms with E-state index < -0.39 is 0 Å². The van der Waals surface area contributed by atoms with Gasteiger partial charge in [0.1, 0.15) is 0 Å². The number of carbonyl (C=O) groups is 2. The molecule has 5 nitrogen and oxygen atoms in total. The van der Waals surface area contributed by atoms with Gasteiger partial charge in [-0.25, -0.2) is 4.98 Å². The molecule has 1 aliphatic heterocycles. The summed E-state index contributed by atoms with van der Waals surface area (Å²) in [7, 11) is 0. The molecule has 2 aliphatic rings.